The van der Waals surface area contributed by atoms with E-state index in [-0.39, 0.29) is 0 Å². The first-order chi connectivity index (χ1) is 6.29. The molecule has 0 aliphatic heterocycles. The summed E-state index contributed by atoms with van der Waals surface area (Å²) in [5.41, 5.74) is 6.96. The van der Waals surface area contributed by atoms with Crippen molar-refractivity contribution in [3.8, 4) is 5.75 Å². The largest absolute Gasteiger partial charge is 0.491 e. The number of halogens is 1. The zero-order chi connectivity index (χ0) is 9.68. The summed E-state index contributed by atoms with van der Waals surface area (Å²) in [6.07, 6.45) is 1.22. The van der Waals surface area contributed by atoms with Crippen LogP contribution >= 0.6 is 15.9 Å². The fraction of sp³-hybridized carbons (Fsp3) is 0.222. The van der Waals surface area contributed by atoms with Crippen LogP contribution < -0.4 is 10.5 Å². The molecular formula is C9H11BrN2O. The quantitative estimate of drug-likeness (QED) is 0.483. The predicted molar refractivity (Wildman–Crippen MR) is 58.0 cm³/mol. The molecule has 0 radical (unpaired) electrons. The van der Waals surface area contributed by atoms with Crippen LogP contribution in [0.3, 0.4) is 0 Å². The van der Waals surface area contributed by atoms with Crippen LogP contribution in [-0.4, -0.2) is 18.2 Å². The SMILES string of the molecule is N=Cc1cccc(OCCBr)c1N. The van der Waals surface area contributed by atoms with E-state index < -0.39 is 0 Å². The lowest BCUT2D eigenvalue weighted by Gasteiger charge is -2.08. The maximum Gasteiger partial charge on any atom is 0.142 e. The first kappa shape index (κ1) is 10.1. The first-order valence-electron chi connectivity index (χ1n) is 3.87. The molecule has 0 amide bonds. The molecule has 0 aromatic heterocycles. The molecule has 0 aliphatic rings. The van der Waals surface area contributed by atoms with Gasteiger partial charge in [0.05, 0.1) is 12.3 Å². The van der Waals surface area contributed by atoms with Crippen LogP contribution in [-0.2, 0) is 0 Å². The normalized spacial score (nSPS) is 9.62. The summed E-state index contributed by atoms with van der Waals surface area (Å²) in [6.45, 7) is 0.575. The Morgan fingerprint density at radius 3 is 2.92 bits per heavy atom. The summed E-state index contributed by atoms with van der Waals surface area (Å²) in [5, 5.41) is 7.85. The Kier molecular flexibility index (Phi) is 3.76. The molecule has 0 saturated heterocycles. The summed E-state index contributed by atoms with van der Waals surface area (Å²) >= 11 is 3.26. The number of nitrogens with one attached hydrogen (secondary N) is 1. The van der Waals surface area contributed by atoms with E-state index in [0.717, 1.165) is 5.33 Å². The standard InChI is InChI=1S/C9H11BrN2O/c10-4-5-13-8-3-1-2-7(6-11)9(8)12/h1-3,6,11H,4-5,12H2. The number of benzene rings is 1. The molecule has 1 aromatic rings. The Hall–Kier alpha value is -1.03. The molecule has 0 fully saturated rings. The van der Waals surface area contributed by atoms with Crippen molar-refractivity contribution in [3.05, 3.63) is 23.8 Å². The van der Waals surface area contributed by atoms with Gasteiger partial charge in [-0.25, -0.2) is 0 Å². The second-order valence-corrected chi connectivity index (χ2v) is 3.23. The zero-order valence-corrected chi connectivity index (χ0v) is 8.67. The molecular weight excluding hydrogens is 232 g/mol. The molecule has 3 nitrogen and oxygen atoms in total. The highest BCUT2D eigenvalue weighted by molar-refractivity contribution is 9.09. The van der Waals surface area contributed by atoms with Crippen LogP contribution in [0.25, 0.3) is 0 Å². The van der Waals surface area contributed by atoms with Crippen LogP contribution in [0, 0.1) is 5.41 Å². The fourth-order valence-electron chi connectivity index (χ4n) is 0.961. The minimum Gasteiger partial charge on any atom is -0.491 e. The van der Waals surface area contributed by atoms with Crippen LogP contribution in [0.2, 0.25) is 0 Å². The molecule has 0 saturated carbocycles. The molecule has 0 bridgehead atoms. The Balaban J connectivity index is 2.87. The van der Waals surface area contributed by atoms with Gasteiger partial charge in [0.15, 0.2) is 0 Å². The van der Waals surface area contributed by atoms with E-state index in [2.05, 4.69) is 15.9 Å². The van der Waals surface area contributed by atoms with E-state index in [9.17, 15) is 0 Å². The molecule has 1 rings (SSSR count). The monoisotopic (exact) mass is 242 g/mol. The molecule has 70 valence electrons. The van der Waals surface area contributed by atoms with Crippen LogP contribution in [0.15, 0.2) is 18.2 Å². The highest BCUT2D eigenvalue weighted by Gasteiger charge is 2.02. The van der Waals surface area contributed by atoms with E-state index in [1.807, 2.05) is 6.07 Å². The summed E-state index contributed by atoms with van der Waals surface area (Å²) in [7, 11) is 0. The summed E-state index contributed by atoms with van der Waals surface area (Å²) in [6, 6.07) is 5.40. The number of alkyl halides is 1. The third-order valence-electron chi connectivity index (χ3n) is 1.59. The number of rotatable bonds is 4. The van der Waals surface area contributed by atoms with Crippen molar-refractivity contribution in [1.29, 1.82) is 5.41 Å². The number of nitrogen functional groups attached to an aromatic ring is 1. The van der Waals surface area contributed by atoms with Gasteiger partial charge in [-0.1, -0.05) is 28.1 Å². The maximum absolute atomic E-state index is 7.09. The van der Waals surface area contributed by atoms with Gasteiger partial charge < -0.3 is 15.9 Å². The van der Waals surface area contributed by atoms with E-state index in [0.29, 0.717) is 23.6 Å². The molecule has 0 unspecified atom stereocenters. The minimum atomic E-state index is 0.526. The number of ether oxygens (including phenoxy) is 1. The summed E-state index contributed by atoms with van der Waals surface area (Å²) in [4.78, 5) is 0. The Morgan fingerprint density at radius 2 is 2.31 bits per heavy atom. The van der Waals surface area contributed by atoms with Gasteiger partial charge in [-0.15, -0.1) is 0 Å². The minimum absolute atomic E-state index is 0.526. The Bertz CT molecular complexity index is 302. The molecule has 0 heterocycles. The third kappa shape index (κ3) is 2.45. The molecule has 3 N–H and O–H groups in total. The van der Waals surface area contributed by atoms with Gasteiger partial charge in [0.1, 0.15) is 5.75 Å². The average molecular weight is 243 g/mol. The zero-order valence-electron chi connectivity index (χ0n) is 7.09. The number of anilines is 1. The molecule has 1 aromatic carbocycles. The van der Waals surface area contributed by atoms with Gasteiger partial charge in [0.25, 0.3) is 0 Å². The average Bonchev–Trinajstić information content (AvgIpc) is 2.16. The van der Waals surface area contributed by atoms with Crippen molar-refractivity contribution in [2.45, 2.75) is 0 Å². The Labute approximate surface area is 85.5 Å². The van der Waals surface area contributed by atoms with Crippen LogP contribution in [0.4, 0.5) is 5.69 Å². The van der Waals surface area contributed by atoms with Gasteiger partial charge in [0, 0.05) is 17.1 Å². The van der Waals surface area contributed by atoms with Crippen molar-refractivity contribution in [2.24, 2.45) is 0 Å². The molecule has 0 atom stereocenters. The second kappa shape index (κ2) is 4.87. The predicted octanol–water partition coefficient (Wildman–Crippen LogP) is 2.04. The number of nitrogens with two attached hydrogens (primary N) is 1. The molecule has 4 heteroatoms. The van der Waals surface area contributed by atoms with Gasteiger partial charge in [0.2, 0.25) is 0 Å². The number of hydrogen-bond acceptors (Lipinski definition) is 3. The van der Waals surface area contributed by atoms with Crippen molar-refractivity contribution in [2.75, 3.05) is 17.7 Å². The molecule has 0 spiro atoms. The smallest absolute Gasteiger partial charge is 0.142 e. The summed E-state index contributed by atoms with van der Waals surface area (Å²) in [5.74, 6) is 0.639. The Morgan fingerprint density at radius 1 is 1.54 bits per heavy atom. The lowest BCUT2D eigenvalue weighted by atomic mass is 10.2. The van der Waals surface area contributed by atoms with Crippen molar-refractivity contribution < 1.29 is 4.74 Å². The van der Waals surface area contributed by atoms with E-state index in [1.165, 1.54) is 6.21 Å². The third-order valence-corrected chi connectivity index (χ3v) is 1.91. The van der Waals surface area contributed by atoms with E-state index >= 15 is 0 Å². The highest BCUT2D eigenvalue weighted by atomic mass is 79.9. The van der Waals surface area contributed by atoms with Gasteiger partial charge in [-0.3, -0.25) is 0 Å². The second-order valence-electron chi connectivity index (χ2n) is 2.44. The topological polar surface area (TPSA) is 59.1 Å². The van der Waals surface area contributed by atoms with Crippen molar-refractivity contribution in [1.82, 2.24) is 0 Å². The van der Waals surface area contributed by atoms with Crippen LogP contribution in [0.5, 0.6) is 5.75 Å². The first-order valence-corrected chi connectivity index (χ1v) is 4.99. The lowest BCUT2D eigenvalue weighted by molar-refractivity contribution is 0.347. The lowest BCUT2D eigenvalue weighted by Crippen LogP contribution is -2.02. The molecule has 13 heavy (non-hydrogen) atoms. The number of para-hydroxylation sites is 1. The highest BCUT2D eigenvalue weighted by Crippen LogP contribution is 2.23. The maximum atomic E-state index is 7.09. The van der Waals surface area contributed by atoms with Crippen molar-refractivity contribution >= 4 is 27.8 Å². The summed E-state index contributed by atoms with van der Waals surface area (Å²) < 4.78 is 5.35. The fourth-order valence-corrected chi connectivity index (χ4v) is 1.12. The van der Waals surface area contributed by atoms with E-state index in [1.54, 1.807) is 12.1 Å². The molecule has 0 aliphatic carbocycles. The van der Waals surface area contributed by atoms with Gasteiger partial charge >= 0.3 is 0 Å². The number of hydrogen-bond donors (Lipinski definition) is 2. The van der Waals surface area contributed by atoms with Gasteiger partial charge in [-0.2, -0.15) is 0 Å². The van der Waals surface area contributed by atoms with Crippen molar-refractivity contribution in [3.63, 3.8) is 0 Å². The van der Waals surface area contributed by atoms with Gasteiger partial charge in [-0.05, 0) is 6.07 Å². The van der Waals surface area contributed by atoms with Crippen LogP contribution in [0.1, 0.15) is 5.56 Å². The van der Waals surface area contributed by atoms with E-state index in [4.69, 9.17) is 15.9 Å².